The Kier molecular flexibility index (Phi) is 5.12. The van der Waals surface area contributed by atoms with Crippen molar-refractivity contribution in [3.63, 3.8) is 0 Å². The van der Waals surface area contributed by atoms with Gasteiger partial charge in [0.2, 0.25) is 5.76 Å². The van der Waals surface area contributed by atoms with E-state index in [1.54, 1.807) is 0 Å². The molecular formula is C18H13F3N2O5. The molecule has 1 heterocycles. The molecule has 3 aromatic rings. The fourth-order valence-electron chi connectivity index (χ4n) is 2.56. The highest BCUT2D eigenvalue weighted by atomic mass is 19.3. The van der Waals surface area contributed by atoms with Crippen molar-refractivity contribution < 1.29 is 36.7 Å². The molecule has 0 spiro atoms. The van der Waals surface area contributed by atoms with E-state index in [0.717, 1.165) is 12.1 Å². The zero-order valence-electron chi connectivity index (χ0n) is 14.3. The van der Waals surface area contributed by atoms with Crippen LogP contribution in [0.25, 0.3) is 11.0 Å². The number of halogens is 3. The minimum atomic E-state index is -3.00. The number of ether oxygens (including phenoxy) is 2. The quantitative estimate of drug-likeness (QED) is 0.666. The van der Waals surface area contributed by atoms with Crippen LogP contribution in [0.3, 0.4) is 0 Å². The molecule has 2 aromatic carbocycles. The third kappa shape index (κ3) is 3.70. The van der Waals surface area contributed by atoms with Crippen LogP contribution in [0.5, 0.6) is 11.5 Å². The normalized spacial score (nSPS) is 10.9. The van der Waals surface area contributed by atoms with Gasteiger partial charge in [-0.3, -0.25) is 9.59 Å². The highest BCUT2D eigenvalue weighted by Gasteiger charge is 2.24. The predicted octanol–water partition coefficient (Wildman–Crippen LogP) is 3.53. The molecular weight excluding hydrogens is 381 g/mol. The van der Waals surface area contributed by atoms with Gasteiger partial charge >= 0.3 is 6.61 Å². The fourth-order valence-corrected chi connectivity index (χ4v) is 2.56. The van der Waals surface area contributed by atoms with E-state index in [2.05, 4.69) is 10.1 Å². The molecule has 0 aliphatic heterocycles. The molecule has 146 valence electrons. The summed E-state index contributed by atoms with van der Waals surface area (Å²) in [6.07, 6.45) is 0. The minimum absolute atomic E-state index is 0.00602. The number of furan rings is 1. The van der Waals surface area contributed by atoms with Gasteiger partial charge in [-0.05, 0) is 30.3 Å². The summed E-state index contributed by atoms with van der Waals surface area (Å²) in [5, 5.41) is 2.49. The SMILES string of the molecule is COc1cc(F)cc2c(NC(=O)c3ccc(OC(F)F)cc3)c(C(N)=O)oc12. The Labute approximate surface area is 155 Å². The number of hydrogen-bond acceptors (Lipinski definition) is 5. The molecule has 7 nitrogen and oxygen atoms in total. The summed E-state index contributed by atoms with van der Waals surface area (Å²) in [5.74, 6) is -2.92. The summed E-state index contributed by atoms with van der Waals surface area (Å²) in [4.78, 5) is 24.2. The van der Waals surface area contributed by atoms with E-state index < -0.39 is 30.0 Å². The number of hydrogen-bond donors (Lipinski definition) is 2. The number of carbonyl (C=O) groups is 2. The van der Waals surface area contributed by atoms with Crippen molar-refractivity contribution in [3.8, 4) is 11.5 Å². The first-order valence-electron chi connectivity index (χ1n) is 7.76. The molecule has 0 fully saturated rings. The lowest BCUT2D eigenvalue weighted by Crippen LogP contribution is -2.17. The average molecular weight is 394 g/mol. The Bertz CT molecular complexity index is 1050. The van der Waals surface area contributed by atoms with Gasteiger partial charge in [0.15, 0.2) is 11.3 Å². The topological polar surface area (TPSA) is 104 Å². The molecule has 0 unspecified atom stereocenters. The second kappa shape index (κ2) is 7.51. The maximum Gasteiger partial charge on any atom is 0.387 e. The van der Waals surface area contributed by atoms with Crippen molar-refractivity contribution in [1.82, 2.24) is 0 Å². The van der Waals surface area contributed by atoms with E-state index in [1.807, 2.05) is 0 Å². The first-order chi connectivity index (χ1) is 13.3. The number of alkyl halides is 2. The van der Waals surface area contributed by atoms with Gasteiger partial charge in [0.1, 0.15) is 17.3 Å². The Morgan fingerprint density at radius 3 is 2.43 bits per heavy atom. The Morgan fingerprint density at radius 1 is 1.18 bits per heavy atom. The second-order valence-corrected chi connectivity index (χ2v) is 5.51. The Balaban J connectivity index is 1.99. The first kappa shape index (κ1) is 19.1. The molecule has 0 saturated carbocycles. The van der Waals surface area contributed by atoms with Crippen LogP contribution < -0.4 is 20.5 Å². The fraction of sp³-hybridized carbons (Fsp3) is 0.111. The minimum Gasteiger partial charge on any atom is -0.493 e. The third-order valence-corrected chi connectivity index (χ3v) is 3.74. The summed E-state index contributed by atoms with van der Waals surface area (Å²) in [6, 6.07) is 6.91. The number of amides is 2. The molecule has 1 aromatic heterocycles. The van der Waals surface area contributed by atoms with Crippen molar-refractivity contribution in [3.05, 3.63) is 53.5 Å². The molecule has 3 rings (SSSR count). The van der Waals surface area contributed by atoms with Crippen molar-refractivity contribution in [2.45, 2.75) is 6.61 Å². The number of benzene rings is 2. The maximum atomic E-state index is 13.9. The van der Waals surface area contributed by atoms with E-state index in [9.17, 15) is 22.8 Å². The van der Waals surface area contributed by atoms with Gasteiger partial charge in [0.05, 0.1) is 12.5 Å². The monoisotopic (exact) mass is 394 g/mol. The van der Waals surface area contributed by atoms with E-state index in [0.29, 0.717) is 0 Å². The summed E-state index contributed by atoms with van der Waals surface area (Å²) in [6.45, 7) is -3.00. The van der Waals surface area contributed by atoms with Crippen LogP contribution in [0.4, 0.5) is 18.9 Å². The molecule has 0 saturated heterocycles. The number of methoxy groups -OCH3 is 1. The zero-order valence-corrected chi connectivity index (χ0v) is 14.3. The van der Waals surface area contributed by atoms with E-state index in [1.165, 1.54) is 31.4 Å². The number of carbonyl (C=O) groups excluding carboxylic acids is 2. The number of anilines is 1. The van der Waals surface area contributed by atoms with Crippen LogP contribution in [0.2, 0.25) is 0 Å². The number of primary amides is 1. The standard InChI is InChI=1S/C18H13F3N2O5/c1-26-12-7-9(19)6-11-13(15(16(22)24)28-14(11)12)23-17(25)8-2-4-10(5-3-8)27-18(20)21/h2-7,18H,1H3,(H2,22,24)(H,23,25). The van der Waals surface area contributed by atoms with Crippen molar-refractivity contribution >= 4 is 28.5 Å². The van der Waals surface area contributed by atoms with Crippen molar-refractivity contribution in [1.29, 1.82) is 0 Å². The number of nitrogens with one attached hydrogen (secondary N) is 1. The van der Waals surface area contributed by atoms with Gasteiger partial charge in [-0.15, -0.1) is 0 Å². The first-order valence-corrected chi connectivity index (χ1v) is 7.76. The smallest absolute Gasteiger partial charge is 0.387 e. The van der Waals surface area contributed by atoms with Gasteiger partial charge in [0, 0.05) is 11.6 Å². The molecule has 0 aliphatic carbocycles. The predicted molar refractivity (Wildman–Crippen MR) is 92.3 cm³/mol. The van der Waals surface area contributed by atoms with Gasteiger partial charge in [0.25, 0.3) is 11.8 Å². The summed E-state index contributed by atoms with van der Waals surface area (Å²) in [7, 11) is 1.28. The van der Waals surface area contributed by atoms with Gasteiger partial charge in [-0.25, -0.2) is 4.39 Å². The highest BCUT2D eigenvalue weighted by Crippen LogP contribution is 2.37. The Morgan fingerprint density at radius 2 is 1.86 bits per heavy atom. The number of fused-ring (bicyclic) bond motifs is 1. The van der Waals surface area contributed by atoms with Gasteiger partial charge in [-0.1, -0.05) is 0 Å². The maximum absolute atomic E-state index is 13.9. The molecule has 3 N–H and O–H groups in total. The van der Waals surface area contributed by atoms with Crippen molar-refractivity contribution in [2.24, 2.45) is 5.73 Å². The molecule has 0 aliphatic rings. The lowest BCUT2D eigenvalue weighted by molar-refractivity contribution is -0.0498. The number of nitrogens with two attached hydrogens (primary N) is 1. The zero-order chi connectivity index (χ0) is 20.4. The lowest BCUT2D eigenvalue weighted by atomic mass is 10.1. The molecule has 0 radical (unpaired) electrons. The largest absolute Gasteiger partial charge is 0.493 e. The molecule has 2 amide bonds. The van der Waals surface area contributed by atoms with Crippen LogP contribution in [-0.4, -0.2) is 25.5 Å². The summed E-state index contributed by atoms with van der Waals surface area (Å²) >= 11 is 0. The molecule has 0 bridgehead atoms. The summed E-state index contributed by atoms with van der Waals surface area (Å²) in [5.41, 5.74) is 5.23. The van der Waals surface area contributed by atoms with E-state index in [4.69, 9.17) is 14.9 Å². The lowest BCUT2D eigenvalue weighted by Gasteiger charge is -2.07. The van der Waals surface area contributed by atoms with Gasteiger partial charge < -0.3 is 24.9 Å². The van der Waals surface area contributed by atoms with Crippen molar-refractivity contribution in [2.75, 3.05) is 12.4 Å². The average Bonchev–Trinajstić information content (AvgIpc) is 2.99. The van der Waals surface area contributed by atoms with Gasteiger partial charge in [-0.2, -0.15) is 8.78 Å². The molecule has 10 heteroatoms. The van der Waals surface area contributed by atoms with Crippen LogP contribution in [0, 0.1) is 5.82 Å². The second-order valence-electron chi connectivity index (χ2n) is 5.51. The Hall–Kier alpha value is -3.69. The van der Waals surface area contributed by atoms with Crippen LogP contribution in [0.1, 0.15) is 20.9 Å². The van der Waals surface area contributed by atoms with E-state index in [-0.39, 0.29) is 33.7 Å². The third-order valence-electron chi connectivity index (χ3n) is 3.74. The summed E-state index contributed by atoms with van der Waals surface area (Å²) < 4.78 is 52.8. The molecule has 28 heavy (non-hydrogen) atoms. The number of rotatable bonds is 6. The van der Waals surface area contributed by atoms with Crippen LogP contribution in [-0.2, 0) is 0 Å². The van der Waals surface area contributed by atoms with E-state index >= 15 is 0 Å². The van der Waals surface area contributed by atoms with Crippen LogP contribution >= 0.6 is 0 Å². The van der Waals surface area contributed by atoms with Crippen LogP contribution in [0.15, 0.2) is 40.8 Å². The molecule has 0 atom stereocenters. The highest BCUT2D eigenvalue weighted by molar-refractivity contribution is 6.14.